The molecule has 0 saturated carbocycles. The van der Waals surface area contributed by atoms with E-state index in [-0.39, 0.29) is 5.91 Å². The number of anilines is 3. The summed E-state index contributed by atoms with van der Waals surface area (Å²) in [6.07, 6.45) is 0. The van der Waals surface area contributed by atoms with E-state index in [1.54, 1.807) is 13.1 Å². The van der Waals surface area contributed by atoms with E-state index < -0.39 is 0 Å². The summed E-state index contributed by atoms with van der Waals surface area (Å²) >= 11 is 0. The van der Waals surface area contributed by atoms with E-state index in [1.165, 1.54) is 5.69 Å². The van der Waals surface area contributed by atoms with Crippen LogP contribution in [0.5, 0.6) is 0 Å². The number of hydrogen-bond donors (Lipinski definition) is 3. The van der Waals surface area contributed by atoms with Crippen molar-refractivity contribution >= 4 is 23.0 Å². The topological polar surface area (TPSA) is 73.6 Å². The summed E-state index contributed by atoms with van der Waals surface area (Å²) < 4.78 is 0. The fourth-order valence-corrected chi connectivity index (χ4v) is 3.31. The van der Waals surface area contributed by atoms with E-state index in [9.17, 15) is 4.79 Å². The Kier molecular flexibility index (Phi) is 5.96. The summed E-state index contributed by atoms with van der Waals surface area (Å²) in [7, 11) is 1.62. The standard InChI is InChI=1S/C20H27N5O/c1-22-20(26)19-17(21)8-5-9-18(19)23-10-11-24-12-14-25(15-13-24)16-6-3-2-4-7-16/h2-9,23H,10-15,21H2,1H3,(H,22,26). The van der Waals surface area contributed by atoms with Crippen molar-refractivity contribution in [2.75, 3.05) is 62.3 Å². The van der Waals surface area contributed by atoms with Gasteiger partial charge in [0.2, 0.25) is 0 Å². The molecular weight excluding hydrogens is 326 g/mol. The summed E-state index contributed by atoms with van der Waals surface area (Å²) in [6.45, 7) is 5.85. The molecule has 2 aromatic carbocycles. The third-order valence-corrected chi connectivity index (χ3v) is 4.79. The lowest BCUT2D eigenvalue weighted by Gasteiger charge is -2.36. The van der Waals surface area contributed by atoms with Crippen LogP contribution in [0.25, 0.3) is 0 Å². The van der Waals surface area contributed by atoms with E-state index in [0.29, 0.717) is 11.3 Å². The van der Waals surface area contributed by atoms with Gasteiger partial charge >= 0.3 is 0 Å². The largest absolute Gasteiger partial charge is 0.398 e. The number of nitrogens with two attached hydrogens (primary N) is 1. The highest BCUT2D eigenvalue weighted by Gasteiger charge is 2.17. The second-order valence-corrected chi connectivity index (χ2v) is 6.44. The highest BCUT2D eigenvalue weighted by Crippen LogP contribution is 2.22. The zero-order chi connectivity index (χ0) is 18.4. The molecule has 138 valence electrons. The fourth-order valence-electron chi connectivity index (χ4n) is 3.31. The molecule has 0 aromatic heterocycles. The fraction of sp³-hybridized carbons (Fsp3) is 0.350. The zero-order valence-corrected chi connectivity index (χ0v) is 15.2. The first-order valence-corrected chi connectivity index (χ1v) is 9.06. The van der Waals surface area contributed by atoms with Crippen LogP contribution in [0.1, 0.15) is 10.4 Å². The third-order valence-electron chi connectivity index (χ3n) is 4.79. The number of piperazine rings is 1. The summed E-state index contributed by atoms with van der Waals surface area (Å²) in [4.78, 5) is 16.9. The number of carbonyl (C=O) groups excluding carboxylic acids is 1. The predicted molar refractivity (Wildman–Crippen MR) is 108 cm³/mol. The normalized spacial score (nSPS) is 14.9. The Morgan fingerprint density at radius 3 is 2.46 bits per heavy atom. The predicted octanol–water partition coefficient (Wildman–Crippen LogP) is 1.86. The first-order valence-electron chi connectivity index (χ1n) is 9.06. The molecule has 0 radical (unpaired) electrons. The number of nitrogen functional groups attached to an aromatic ring is 1. The smallest absolute Gasteiger partial charge is 0.255 e. The molecule has 2 aromatic rings. The van der Waals surface area contributed by atoms with Crippen LogP contribution in [0.2, 0.25) is 0 Å². The van der Waals surface area contributed by atoms with Crippen molar-refractivity contribution in [3.05, 3.63) is 54.1 Å². The van der Waals surface area contributed by atoms with Crippen LogP contribution in [-0.2, 0) is 0 Å². The molecule has 0 atom stereocenters. The second-order valence-electron chi connectivity index (χ2n) is 6.44. The van der Waals surface area contributed by atoms with E-state index >= 15 is 0 Å². The minimum absolute atomic E-state index is 0.165. The maximum Gasteiger partial charge on any atom is 0.255 e. The lowest BCUT2D eigenvalue weighted by molar-refractivity contribution is 0.0964. The molecule has 26 heavy (non-hydrogen) atoms. The highest BCUT2D eigenvalue weighted by atomic mass is 16.1. The minimum atomic E-state index is -0.165. The molecule has 4 N–H and O–H groups in total. The van der Waals surface area contributed by atoms with Gasteiger partial charge in [0.25, 0.3) is 5.91 Å². The van der Waals surface area contributed by atoms with Gasteiger partial charge in [0.05, 0.1) is 5.56 Å². The maximum absolute atomic E-state index is 12.0. The Hall–Kier alpha value is -2.73. The second kappa shape index (κ2) is 8.58. The molecule has 1 amide bonds. The first-order chi connectivity index (χ1) is 12.7. The number of rotatable bonds is 6. The number of nitrogens with zero attached hydrogens (tertiary/aromatic N) is 2. The molecule has 3 rings (SSSR count). The van der Waals surface area contributed by atoms with Crippen molar-refractivity contribution in [3.63, 3.8) is 0 Å². The number of nitrogens with one attached hydrogen (secondary N) is 2. The van der Waals surface area contributed by atoms with Crippen LogP contribution in [-0.4, -0.2) is 57.1 Å². The van der Waals surface area contributed by atoms with Crippen LogP contribution in [0, 0.1) is 0 Å². The number of carbonyl (C=O) groups is 1. The van der Waals surface area contributed by atoms with Crippen LogP contribution in [0.4, 0.5) is 17.1 Å². The number of benzene rings is 2. The Bertz CT molecular complexity index is 726. The van der Waals surface area contributed by atoms with Crippen LogP contribution in [0.3, 0.4) is 0 Å². The van der Waals surface area contributed by atoms with E-state index in [2.05, 4.69) is 50.8 Å². The summed E-state index contributed by atoms with van der Waals surface area (Å²) in [5.41, 5.74) is 9.05. The summed E-state index contributed by atoms with van der Waals surface area (Å²) in [5, 5.41) is 6.01. The van der Waals surface area contributed by atoms with Crippen molar-refractivity contribution in [2.24, 2.45) is 0 Å². The Morgan fingerprint density at radius 1 is 1.04 bits per heavy atom. The van der Waals surface area contributed by atoms with Crippen molar-refractivity contribution < 1.29 is 4.79 Å². The van der Waals surface area contributed by atoms with Gasteiger partial charge in [-0.2, -0.15) is 0 Å². The lowest BCUT2D eigenvalue weighted by atomic mass is 10.1. The van der Waals surface area contributed by atoms with Gasteiger partial charge in [0.15, 0.2) is 0 Å². The zero-order valence-electron chi connectivity index (χ0n) is 15.2. The quantitative estimate of drug-likeness (QED) is 0.692. The average Bonchev–Trinajstić information content (AvgIpc) is 2.69. The lowest BCUT2D eigenvalue weighted by Crippen LogP contribution is -2.47. The minimum Gasteiger partial charge on any atom is -0.398 e. The Labute approximate surface area is 155 Å². The molecule has 6 heteroatoms. The number of amides is 1. The van der Waals surface area contributed by atoms with Gasteiger partial charge in [-0.25, -0.2) is 0 Å². The molecule has 1 heterocycles. The highest BCUT2D eigenvalue weighted by molar-refractivity contribution is 6.04. The van der Waals surface area contributed by atoms with Crippen LogP contribution >= 0.6 is 0 Å². The summed E-state index contributed by atoms with van der Waals surface area (Å²) in [6, 6.07) is 16.1. The molecule has 0 bridgehead atoms. The first kappa shape index (κ1) is 18.1. The van der Waals surface area contributed by atoms with Crippen molar-refractivity contribution in [2.45, 2.75) is 0 Å². The SMILES string of the molecule is CNC(=O)c1c(N)cccc1NCCN1CCN(c2ccccc2)CC1. The molecule has 0 unspecified atom stereocenters. The van der Waals surface area contributed by atoms with Gasteiger partial charge in [-0.15, -0.1) is 0 Å². The van der Waals surface area contributed by atoms with Crippen molar-refractivity contribution in [1.29, 1.82) is 0 Å². The number of hydrogen-bond acceptors (Lipinski definition) is 5. The van der Waals surface area contributed by atoms with Crippen molar-refractivity contribution in [3.8, 4) is 0 Å². The number of para-hydroxylation sites is 1. The van der Waals surface area contributed by atoms with Gasteiger partial charge in [0, 0.05) is 63.4 Å². The van der Waals surface area contributed by atoms with E-state index in [4.69, 9.17) is 5.73 Å². The van der Waals surface area contributed by atoms with Gasteiger partial charge < -0.3 is 21.3 Å². The van der Waals surface area contributed by atoms with Gasteiger partial charge in [-0.3, -0.25) is 9.69 Å². The van der Waals surface area contributed by atoms with Crippen LogP contribution < -0.4 is 21.3 Å². The summed E-state index contributed by atoms with van der Waals surface area (Å²) in [5.74, 6) is -0.165. The maximum atomic E-state index is 12.0. The van der Waals surface area contributed by atoms with Gasteiger partial charge in [-0.05, 0) is 24.3 Å². The molecular formula is C20H27N5O. The molecule has 6 nitrogen and oxygen atoms in total. The third kappa shape index (κ3) is 4.26. The molecule has 1 fully saturated rings. The van der Waals surface area contributed by atoms with Gasteiger partial charge in [-0.1, -0.05) is 24.3 Å². The van der Waals surface area contributed by atoms with Crippen LogP contribution in [0.15, 0.2) is 48.5 Å². The molecule has 0 spiro atoms. The average molecular weight is 353 g/mol. The van der Waals surface area contributed by atoms with E-state index in [1.807, 2.05) is 12.1 Å². The molecule has 1 saturated heterocycles. The molecule has 1 aliphatic heterocycles. The van der Waals surface area contributed by atoms with E-state index in [0.717, 1.165) is 45.0 Å². The Balaban J connectivity index is 1.49. The van der Waals surface area contributed by atoms with Crippen molar-refractivity contribution in [1.82, 2.24) is 10.2 Å². The van der Waals surface area contributed by atoms with Gasteiger partial charge in [0.1, 0.15) is 0 Å². The monoisotopic (exact) mass is 353 g/mol. The Morgan fingerprint density at radius 2 is 1.77 bits per heavy atom. The molecule has 0 aliphatic carbocycles. The molecule has 1 aliphatic rings.